The summed E-state index contributed by atoms with van der Waals surface area (Å²) < 4.78 is 5.52. The van der Waals surface area contributed by atoms with Crippen LogP contribution in [0.5, 0.6) is 5.75 Å². The number of para-hydroxylation sites is 2. The first-order chi connectivity index (χ1) is 11.0. The quantitative estimate of drug-likeness (QED) is 0.841. The number of carbonyl (C=O) groups excluding carboxylic acids is 2. The molecule has 0 spiro atoms. The van der Waals surface area contributed by atoms with Crippen molar-refractivity contribution in [1.29, 1.82) is 0 Å². The molecule has 1 aromatic rings. The molecule has 126 valence electrons. The topological polar surface area (TPSA) is 58.6 Å². The monoisotopic (exact) mass is 318 g/mol. The van der Waals surface area contributed by atoms with E-state index in [1.807, 2.05) is 31.2 Å². The number of nitrogens with zero attached hydrogens (tertiary/aromatic N) is 1. The average molecular weight is 318 g/mol. The van der Waals surface area contributed by atoms with E-state index >= 15 is 0 Å². The summed E-state index contributed by atoms with van der Waals surface area (Å²) in [7, 11) is 0. The first-order valence-electron chi connectivity index (χ1n) is 8.31. The fourth-order valence-corrected chi connectivity index (χ4v) is 2.66. The lowest BCUT2D eigenvalue weighted by molar-refractivity contribution is -0.128. The molecule has 23 heavy (non-hydrogen) atoms. The molecule has 0 aliphatic carbocycles. The first-order valence-corrected chi connectivity index (χ1v) is 8.31. The second kappa shape index (κ2) is 7.99. The van der Waals surface area contributed by atoms with Gasteiger partial charge in [0.1, 0.15) is 5.75 Å². The number of hydrogen-bond acceptors (Lipinski definition) is 3. The van der Waals surface area contributed by atoms with E-state index in [0.29, 0.717) is 36.9 Å². The number of anilines is 1. The van der Waals surface area contributed by atoms with Crippen LogP contribution in [0.2, 0.25) is 0 Å². The lowest BCUT2D eigenvalue weighted by Gasteiger charge is -2.18. The molecule has 1 heterocycles. The van der Waals surface area contributed by atoms with Gasteiger partial charge in [0, 0.05) is 19.5 Å². The van der Waals surface area contributed by atoms with Crippen molar-refractivity contribution < 1.29 is 14.3 Å². The van der Waals surface area contributed by atoms with Gasteiger partial charge in [-0.1, -0.05) is 26.0 Å². The minimum absolute atomic E-state index is 0.0730. The van der Waals surface area contributed by atoms with Gasteiger partial charge in [-0.25, -0.2) is 0 Å². The molecule has 2 rings (SSSR count). The highest BCUT2D eigenvalue weighted by Gasteiger charge is 2.34. The van der Waals surface area contributed by atoms with E-state index in [1.165, 1.54) is 0 Å². The van der Waals surface area contributed by atoms with Crippen LogP contribution >= 0.6 is 0 Å². The molecule has 1 unspecified atom stereocenters. The molecule has 1 aliphatic heterocycles. The van der Waals surface area contributed by atoms with Crippen molar-refractivity contribution in [3.05, 3.63) is 24.3 Å². The SMILES string of the molecule is CCOc1ccccc1NC(=O)C1CC(=O)N(CCC(C)C)C1. The normalized spacial score (nSPS) is 17.7. The van der Waals surface area contributed by atoms with Crippen LogP contribution < -0.4 is 10.1 Å². The summed E-state index contributed by atoms with van der Waals surface area (Å²) in [6.07, 6.45) is 1.26. The Bertz CT molecular complexity index is 557. The number of likely N-dealkylation sites (tertiary alicyclic amines) is 1. The Balaban J connectivity index is 1.95. The van der Waals surface area contributed by atoms with E-state index in [-0.39, 0.29) is 17.7 Å². The zero-order chi connectivity index (χ0) is 16.8. The summed E-state index contributed by atoms with van der Waals surface area (Å²) in [5.41, 5.74) is 0.660. The van der Waals surface area contributed by atoms with Gasteiger partial charge in [0.2, 0.25) is 11.8 Å². The van der Waals surface area contributed by atoms with E-state index in [2.05, 4.69) is 19.2 Å². The molecule has 0 aromatic heterocycles. The first kappa shape index (κ1) is 17.3. The maximum absolute atomic E-state index is 12.5. The van der Waals surface area contributed by atoms with Gasteiger partial charge in [-0.2, -0.15) is 0 Å². The van der Waals surface area contributed by atoms with E-state index in [4.69, 9.17) is 4.74 Å². The van der Waals surface area contributed by atoms with E-state index in [1.54, 1.807) is 4.90 Å². The van der Waals surface area contributed by atoms with Gasteiger partial charge in [0.15, 0.2) is 0 Å². The highest BCUT2D eigenvalue weighted by Crippen LogP contribution is 2.26. The van der Waals surface area contributed by atoms with E-state index < -0.39 is 0 Å². The van der Waals surface area contributed by atoms with Crippen molar-refractivity contribution in [3.8, 4) is 5.75 Å². The van der Waals surface area contributed by atoms with Crippen LogP contribution in [0.25, 0.3) is 0 Å². The maximum Gasteiger partial charge on any atom is 0.229 e. The molecule has 5 nitrogen and oxygen atoms in total. The lowest BCUT2D eigenvalue weighted by atomic mass is 10.1. The molecular formula is C18H26N2O3. The smallest absolute Gasteiger partial charge is 0.229 e. The minimum Gasteiger partial charge on any atom is -0.492 e. The molecule has 2 amide bonds. The third-order valence-corrected chi connectivity index (χ3v) is 4.01. The van der Waals surface area contributed by atoms with Crippen molar-refractivity contribution in [3.63, 3.8) is 0 Å². The van der Waals surface area contributed by atoms with Crippen molar-refractivity contribution in [2.75, 3.05) is 25.0 Å². The molecule has 5 heteroatoms. The van der Waals surface area contributed by atoms with Crippen LogP contribution in [-0.2, 0) is 9.59 Å². The largest absolute Gasteiger partial charge is 0.492 e. The predicted molar refractivity (Wildman–Crippen MR) is 90.4 cm³/mol. The van der Waals surface area contributed by atoms with Gasteiger partial charge >= 0.3 is 0 Å². The van der Waals surface area contributed by atoms with Crippen LogP contribution in [0.3, 0.4) is 0 Å². The Morgan fingerprint density at radius 3 is 2.83 bits per heavy atom. The Kier molecular flexibility index (Phi) is 6.02. The zero-order valence-corrected chi connectivity index (χ0v) is 14.2. The highest BCUT2D eigenvalue weighted by atomic mass is 16.5. The number of benzene rings is 1. The molecule has 0 bridgehead atoms. The highest BCUT2D eigenvalue weighted by molar-refractivity contribution is 5.98. The second-order valence-electron chi connectivity index (χ2n) is 6.34. The Morgan fingerprint density at radius 2 is 2.13 bits per heavy atom. The van der Waals surface area contributed by atoms with Gasteiger partial charge in [0.25, 0.3) is 0 Å². The number of nitrogens with one attached hydrogen (secondary N) is 1. The third-order valence-electron chi connectivity index (χ3n) is 4.01. The van der Waals surface area contributed by atoms with Gasteiger partial charge in [-0.3, -0.25) is 9.59 Å². The molecule has 0 radical (unpaired) electrons. The zero-order valence-electron chi connectivity index (χ0n) is 14.2. The molecule has 1 aliphatic rings. The average Bonchev–Trinajstić information content (AvgIpc) is 2.88. The van der Waals surface area contributed by atoms with Crippen LogP contribution in [0.15, 0.2) is 24.3 Å². The third kappa shape index (κ3) is 4.71. The number of rotatable bonds is 7. The summed E-state index contributed by atoms with van der Waals surface area (Å²) >= 11 is 0. The lowest BCUT2D eigenvalue weighted by Crippen LogP contribution is -2.29. The van der Waals surface area contributed by atoms with Crippen LogP contribution in [0, 0.1) is 11.8 Å². The Hall–Kier alpha value is -2.04. The van der Waals surface area contributed by atoms with Crippen molar-refractivity contribution >= 4 is 17.5 Å². The fraction of sp³-hybridized carbons (Fsp3) is 0.556. The van der Waals surface area contributed by atoms with Crippen LogP contribution in [0.4, 0.5) is 5.69 Å². The summed E-state index contributed by atoms with van der Waals surface area (Å²) in [6, 6.07) is 7.37. The molecule has 1 saturated heterocycles. The Labute approximate surface area is 138 Å². The standard InChI is InChI=1S/C18H26N2O3/c1-4-23-16-8-6-5-7-15(16)19-18(22)14-11-17(21)20(12-14)10-9-13(2)3/h5-8,13-14H,4,9-12H2,1-3H3,(H,19,22). The Morgan fingerprint density at radius 1 is 1.39 bits per heavy atom. The fourth-order valence-electron chi connectivity index (χ4n) is 2.66. The van der Waals surface area contributed by atoms with Gasteiger partial charge in [0.05, 0.1) is 18.2 Å². The number of carbonyl (C=O) groups is 2. The van der Waals surface area contributed by atoms with Gasteiger partial charge in [-0.05, 0) is 31.4 Å². The van der Waals surface area contributed by atoms with Crippen LogP contribution in [-0.4, -0.2) is 36.4 Å². The molecule has 1 aromatic carbocycles. The van der Waals surface area contributed by atoms with Crippen molar-refractivity contribution in [2.24, 2.45) is 11.8 Å². The van der Waals surface area contributed by atoms with E-state index in [0.717, 1.165) is 13.0 Å². The van der Waals surface area contributed by atoms with Crippen molar-refractivity contribution in [1.82, 2.24) is 4.90 Å². The molecule has 1 N–H and O–H groups in total. The molecule has 1 fully saturated rings. The number of amides is 2. The maximum atomic E-state index is 12.5. The number of hydrogen-bond donors (Lipinski definition) is 1. The van der Waals surface area contributed by atoms with Crippen LogP contribution in [0.1, 0.15) is 33.6 Å². The second-order valence-corrected chi connectivity index (χ2v) is 6.34. The summed E-state index contributed by atoms with van der Waals surface area (Å²) in [5.74, 6) is 0.879. The molecule has 1 atom stereocenters. The minimum atomic E-state index is -0.288. The molecule has 0 saturated carbocycles. The number of ether oxygens (including phenoxy) is 1. The predicted octanol–water partition coefficient (Wildman–Crippen LogP) is 2.92. The molecular weight excluding hydrogens is 292 g/mol. The summed E-state index contributed by atoms with van der Waals surface area (Å²) in [6.45, 7) is 7.95. The summed E-state index contributed by atoms with van der Waals surface area (Å²) in [4.78, 5) is 26.3. The van der Waals surface area contributed by atoms with Gasteiger partial charge < -0.3 is 15.0 Å². The van der Waals surface area contributed by atoms with E-state index in [9.17, 15) is 9.59 Å². The van der Waals surface area contributed by atoms with Gasteiger partial charge in [-0.15, -0.1) is 0 Å². The van der Waals surface area contributed by atoms with Crippen molar-refractivity contribution in [2.45, 2.75) is 33.6 Å². The summed E-state index contributed by atoms with van der Waals surface area (Å²) in [5, 5.41) is 2.90.